The Morgan fingerprint density at radius 1 is 1.14 bits per heavy atom. The van der Waals surface area contributed by atoms with Gasteiger partial charge in [-0.25, -0.2) is 4.79 Å². The molecule has 188 valence electrons. The Morgan fingerprint density at radius 2 is 1.74 bits per heavy atom. The second-order valence-corrected chi connectivity index (χ2v) is 11.1. The first kappa shape index (κ1) is 26.7. The summed E-state index contributed by atoms with van der Waals surface area (Å²) in [5, 5.41) is 9.30. The first-order valence-corrected chi connectivity index (χ1v) is 12.5. The van der Waals surface area contributed by atoms with Crippen molar-refractivity contribution in [2.75, 3.05) is 24.6 Å². The van der Waals surface area contributed by atoms with Crippen LogP contribution >= 0.6 is 0 Å². The lowest BCUT2D eigenvalue weighted by Gasteiger charge is -2.41. The zero-order valence-electron chi connectivity index (χ0n) is 22.5. The van der Waals surface area contributed by atoms with E-state index >= 15 is 0 Å². The minimum absolute atomic E-state index is 0.269. The maximum absolute atomic E-state index is 13.3. The number of piperidine rings is 1. The third-order valence-corrected chi connectivity index (χ3v) is 6.55. The van der Waals surface area contributed by atoms with Crippen LogP contribution in [0.15, 0.2) is 24.3 Å². The predicted octanol–water partition coefficient (Wildman–Crippen LogP) is 6.28. The molecule has 2 aromatic rings. The molecule has 35 heavy (non-hydrogen) atoms. The number of ether oxygens (including phenoxy) is 2. The summed E-state index contributed by atoms with van der Waals surface area (Å²) < 4.78 is 11.9. The normalized spacial score (nSPS) is 16.5. The maximum Gasteiger partial charge on any atom is 0.340 e. The Balaban J connectivity index is 2.30. The predicted molar refractivity (Wildman–Crippen MR) is 139 cm³/mol. The smallest absolute Gasteiger partial charge is 0.340 e. The van der Waals surface area contributed by atoms with Gasteiger partial charge < -0.3 is 14.4 Å². The summed E-state index contributed by atoms with van der Waals surface area (Å²) in [6.45, 7) is 18.2. The van der Waals surface area contributed by atoms with Crippen molar-refractivity contribution in [3.05, 3.63) is 46.8 Å². The summed E-state index contributed by atoms with van der Waals surface area (Å²) in [4.78, 5) is 20.6. The summed E-state index contributed by atoms with van der Waals surface area (Å²) in [5.74, 6) is -0.402. The van der Waals surface area contributed by atoms with Gasteiger partial charge in [0.2, 0.25) is 0 Å². The van der Waals surface area contributed by atoms with E-state index < -0.39 is 17.7 Å². The van der Waals surface area contributed by atoms with Crippen LogP contribution in [-0.2, 0) is 14.3 Å². The average molecular weight is 478 g/mol. The summed E-state index contributed by atoms with van der Waals surface area (Å²) in [6, 6.07) is 9.77. The Kier molecular flexibility index (Phi) is 7.91. The lowest BCUT2D eigenvalue weighted by molar-refractivity contribution is -0.166. The van der Waals surface area contributed by atoms with Crippen molar-refractivity contribution in [1.29, 1.82) is 5.26 Å². The van der Waals surface area contributed by atoms with E-state index in [0.717, 1.165) is 59.7 Å². The Bertz CT molecular complexity index is 1100. The van der Waals surface area contributed by atoms with E-state index in [0.29, 0.717) is 5.56 Å². The van der Waals surface area contributed by atoms with Crippen molar-refractivity contribution in [2.24, 2.45) is 5.41 Å². The summed E-state index contributed by atoms with van der Waals surface area (Å²) >= 11 is 0. The molecule has 1 saturated heterocycles. The Labute approximate surface area is 210 Å². The molecule has 0 aliphatic carbocycles. The second-order valence-electron chi connectivity index (χ2n) is 11.1. The first-order valence-electron chi connectivity index (χ1n) is 12.5. The third-order valence-electron chi connectivity index (χ3n) is 6.55. The van der Waals surface area contributed by atoms with Crippen LogP contribution in [0.5, 0.6) is 0 Å². The molecule has 0 saturated carbocycles. The van der Waals surface area contributed by atoms with E-state index in [1.807, 2.05) is 65.8 Å². The van der Waals surface area contributed by atoms with E-state index in [-0.39, 0.29) is 12.0 Å². The van der Waals surface area contributed by atoms with Crippen LogP contribution in [0.4, 0.5) is 5.69 Å². The molecule has 1 fully saturated rings. The zero-order chi connectivity index (χ0) is 26.0. The molecule has 0 unspecified atom stereocenters. The van der Waals surface area contributed by atoms with Gasteiger partial charge in [-0.05, 0) is 77.5 Å². The number of nitriles is 1. The number of anilines is 1. The van der Waals surface area contributed by atoms with Crippen LogP contribution in [0, 0.1) is 30.6 Å². The molecule has 6 heteroatoms. The van der Waals surface area contributed by atoms with Crippen LogP contribution in [0.1, 0.15) is 83.0 Å². The molecular weight excluding hydrogens is 438 g/mol. The standard InChI is InChI=1S/C29H39N3O3/c1-9-34-27(33)26(35-28(4,5)6)24-20(3)31-19(2)23(22-12-10-21(18-30)11-13-22)25(24)32-16-14-29(7,8)15-17-32/h10-13,26H,9,14-17H2,1-8H3/t26-/m0/s1. The number of pyridine rings is 1. The van der Waals surface area contributed by atoms with Crippen molar-refractivity contribution in [3.8, 4) is 17.2 Å². The van der Waals surface area contributed by atoms with Gasteiger partial charge in [0.05, 0.1) is 29.5 Å². The fraction of sp³-hybridized carbons (Fsp3) is 0.552. The van der Waals surface area contributed by atoms with Crippen molar-refractivity contribution < 1.29 is 14.3 Å². The number of esters is 1. The van der Waals surface area contributed by atoms with Crippen molar-refractivity contribution in [3.63, 3.8) is 0 Å². The molecule has 1 atom stereocenters. The molecule has 3 rings (SSSR count). The van der Waals surface area contributed by atoms with Crippen molar-refractivity contribution >= 4 is 11.7 Å². The van der Waals surface area contributed by atoms with E-state index in [9.17, 15) is 10.1 Å². The van der Waals surface area contributed by atoms with Crippen molar-refractivity contribution in [1.82, 2.24) is 4.98 Å². The van der Waals surface area contributed by atoms with Gasteiger partial charge in [0.1, 0.15) is 0 Å². The molecule has 0 spiro atoms. The van der Waals surface area contributed by atoms with Crippen LogP contribution in [0.2, 0.25) is 0 Å². The average Bonchev–Trinajstić information content (AvgIpc) is 2.77. The largest absolute Gasteiger partial charge is 0.464 e. The molecule has 0 amide bonds. The number of rotatable bonds is 6. The third kappa shape index (κ3) is 6.21. The van der Waals surface area contributed by atoms with Crippen LogP contribution in [0.3, 0.4) is 0 Å². The quantitative estimate of drug-likeness (QED) is 0.456. The second kappa shape index (κ2) is 10.4. The number of hydrogen-bond acceptors (Lipinski definition) is 6. The number of hydrogen-bond donors (Lipinski definition) is 0. The van der Waals surface area contributed by atoms with Gasteiger partial charge in [-0.15, -0.1) is 0 Å². The van der Waals surface area contributed by atoms with E-state index in [4.69, 9.17) is 14.5 Å². The molecule has 1 aromatic heterocycles. The van der Waals surface area contributed by atoms with Gasteiger partial charge in [0.15, 0.2) is 6.10 Å². The topological polar surface area (TPSA) is 75.5 Å². The number of carbonyl (C=O) groups excluding carboxylic acids is 1. The highest BCUT2D eigenvalue weighted by molar-refractivity contribution is 5.88. The number of benzene rings is 1. The lowest BCUT2D eigenvalue weighted by atomic mass is 9.81. The number of carbonyl (C=O) groups is 1. The van der Waals surface area contributed by atoms with Gasteiger partial charge in [0.25, 0.3) is 0 Å². The summed E-state index contributed by atoms with van der Waals surface area (Å²) in [5.41, 5.74) is 5.65. The molecular formula is C29H39N3O3. The number of aromatic nitrogens is 1. The molecule has 0 bridgehead atoms. The number of nitrogens with zero attached hydrogens (tertiary/aromatic N) is 3. The minimum atomic E-state index is -0.898. The fourth-order valence-corrected chi connectivity index (χ4v) is 4.68. The molecule has 1 aromatic carbocycles. The molecule has 0 radical (unpaired) electrons. The zero-order valence-corrected chi connectivity index (χ0v) is 22.5. The highest BCUT2D eigenvalue weighted by Crippen LogP contribution is 2.45. The Hall–Kier alpha value is -2.91. The molecule has 6 nitrogen and oxygen atoms in total. The first-order chi connectivity index (χ1) is 16.4. The molecule has 1 aliphatic heterocycles. The monoisotopic (exact) mass is 477 g/mol. The van der Waals surface area contributed by atoms with Crippen LogP contribution in [0.25, 0.3) is 11.1 Å². The van der Waals surface area contributed by atoms with Gasteiger partial charge in [-0.1, -0.05) is 26.0 Å². The number of aryl methyl sites for hydroxylation is 2. The van der Waals surface area contributed by atoms with E-state index in [2.05, 4.69) is 24.8 Å². The SMILES string of the molecule is CCOC(=O)[C@@H](OC(C)(C)C)c1c(C)nc(C)c(-c2ccc(C#N)cc2)c1N1CCC(C)(C)CC1. The van der Waals surface area contributed by atoms with E-state index in [1.54, 1.807) is 0 Å². The van der Waals surface area contributed by atoms with Gasteiger partial charge in [-0.2, -0.15) is 5.26 Å². The minimum Gasteiger partial charge on any atom is -0.464 e. The molecule has 1 aliphatic rings. The van der Waals surface area contributed by atoms with Gasteiger partial charge in [0, 0.05) is 35.6 Å². The maximum atomic E-state index is 13.3. The van der Waals surface area contributed by atoms with Crippen LogP contribution in [-0.4, -0.2) is 36.3 Å². The van der Waals surface area contributed by atoms with Gasteiger partial charge >= 0.3 is 5.97 Å². The highest BCUT2D eigenvalue weighted by atomic mass is 16.6. The fourth-order valence-electron chi connectivity index (χ4n) is 4.68. The summed E-state index contributed by atoms with van der Waals surface area (Å²) in [7, 11) is 0. The Morgan fingerprint density at radius 3 is 2.26 bits per heavy atom. The van der Waals surface area contributed by atoms with E-state index in [1.165, 1.54) is 0 Å². The highest BCUT2D eigenvalue weighted by Gasteiger charge is 2.37. The van der Waals surface area contributed by atoms with Gasteiger partial charge in [-0.3, -0.25) is 4.98 Å². The van der Waals surface area contributed by atoms with Crippen molar-refractivity contribution in [2.45, 2.75) is 79.9 Å². The summed E-state index contributed by atoms with van der Waals surface area (Å²) in [6.07, 6.45) is 1.19. The molecule has 2 heterocycles. The molecule has 0 N–H and O–H groups in total. The lowest BCUT2D eigenvalue weighted by Crippen LogP contribution is -2.39. The van der Waals surface area contributed by atoms with Crippen LogP contribution < -0.4 is 4.90 Å².